The van der Waals surface area contributed by atoms with Crippen molar-refractivity contribution in [2.45, 2.75) is 38.6 Å². The molecular formula is C15H21NO2. The average Bonchev–Trinajstić information content (AvgIpc) is 2.40. The molecule has 0 bridgehead atoms. The van der Waals surface area contributed by atoms with Crippen molar-refractivity contribution in [3.63, 3.8) is 0 Å². The summed E-state index contributed by atoms with van der Waals surface area (Å²) < 4.78 is 0. The fourth-order valence-electron chi connectivity index (χ4n) is 2.46. The summed E-state index contributed by atoms with van der Waals surface area (Å²) in [5.74, 6) is 0.444. The normalized spacial score (nSPS) is 23.7. The van der Waals surface area contributed by atoms with Crippen LogP contribution in [0, 0.1) is 12.8 Å². The summed E-state index contributed by atoms with van der Waals surface area (Å²) in [4.78, 5) is 12.0. The molecule has 0 atom stereocenters. The number of hydrogen-bond acceptors (Lipinski definition) is 2. The third-order valence-electron chi connectivity index (χ3n) is 3.75. The predicted octanol–water partition coefficient (Wildman–Crippen LogP) is 2.28. The van der Waals surface area contributed by atoms with Crippen LogP contribution in [-0.4, -0.2) is 23.7 Å². The van der Waals surface area contributed by atoms with Gasteiger partial charge in [-0.3, -0.25) is 4.79 Å². The molecule has 0 radical (unpaired) electrons. The van der Waals surface area contributed by atoms with E-state index in [0.717, 1.165) is 36.8 Å². The number of aliphatic hydroxyl groups excluding tert-OH is 1. The van der Waals surface area contributed by atoms with Crippen LogP contribution in [0.15, 0.2) is 24.3 Å². The lowest BCUT2D eigenvalue weighted by atomic mass is 9.86. The monoisotopic (exact) mass is 247 g/mol. The van der Waals surface area contributed by atoms with Crippen molar-refractivity contribution >= 4 is 5.91 Å². The van der Waals surface area contributed by atoms with E-state index in [0.29, 0.717) is 5.92 Å². The molecule has 0 spiro atoms. The SMILES string of the molecule is Cc1ccc(C(=O)NC2CCC(CO)CC2)cc1. The molecule has 1 aromatic rings. The van der Waals surface area contributed by atoms with E-state index in [2.05, 4.69) is 5.32 Å². The maximum absolute atomic E-state index is 12.0. The first-order valence-corrected chi connectivity index (χ1v) is 6.67. The molecule has 1 saturated carbocycles. The van der Waals surface area contributed by atoms with Gasteiger partial charge >= 0.3 is 0 Å². The fraction of sp³-hybridized carbons (Fsp3) is 0.533. The molecule has 2 rings (SSSR count). The number of carbonyl (C=O) groups is 1. The summed E-state index contributed by atoms with van der Waals surface area (Å²) in [5, 5.41) is 12.2. The second kappa shape index (κ2) is 6.01. The predicted molar refractivity (Wildman–Crippen MR) is 71.5 cm³/mol. The third kappa shape index (κ3) is 3.33. The summed E-state index contributed by atoms with van der Waals surface area (Å²) in [6.45, 7) is 2.29. The highest BCUT2D eigenvalue weighted by Crippen LogP contribution is 2.23. The van der Waals surface area contributed by atoms with Crippen LogP contribution in [0.3, 0.4) is 0 Å². The highest BCUT2D eigenvalue weighted by atomic mass is 16.3. The smallest absolute Gasteiger partial charge is 0.251 e. The number of aryl methyl sites for hydroxylation is 1. The van der Waals surface area contributed by atoms with Gasteiger partial charge in [0.05, 0.1) is 0 Å². The minimum atomic E-state index is 0.0162. The first-order valence-electron chi connectivity index (χ1n) is 6.67. The van der Waals surface area contributed by atoms with Crippen molar-refractivity contribution in [2.24, 2.45) is 5.92 Å². The quantitative estimate of drug-likeness (QED) is 0.861. The molecule has 1 amide bonds. The Bertz CT molecular complexity index is 391. The molecule has 98 valence electrons. The van der Waals surface area contributed by atoms with Gasteiger partial charge in [-0.05, 0) is 50.7 Å². The van der Waals surface area contributed by atoms with Gasteiger partial charge in [-0.25, -0.2) is 0 Å². The van der Waals surface area contributed by atoms with E-state index in [1.54, 1.807) is 0 Å². The van der Waals surface area contributed by atoms with Crippen LogP contribution < -0.4 is 5.32 Å². The van der Waals surface area contributed by atoms with Crippen LogP contribution in [0.5, 0.6) is 0 Å². The maximum Gasteiger partial charge on any atom is 0.251 e. The van der Waals surface area contributed by atoms with Gasteiger partial charge in [-0.1, -0.05) is 17.7 Å². The molecule has 2 N–H and O–H groups in total. The van der Waals surface area contributed by atoms with Gasteiger partial charge in [0.2, 0.25) is 0 Å². The maximum atomic E-state index is 12.0. The third-order valence-corrected chi connectivity index (χ3v) is 3.75. The van der Waals surface area contributed by atoms with E-state index in [9.17, 15) is 4.79 Å². The van der Waals surface area contributed by atoms with Crippen LogP contribution in [0.25, 0.3) is 0 Å². The number of aliphatic hydroxyl groups is 1. The molecule has 3 nitrogen and oxygen atoms in total. The van der Waals surface area contributed by atoms with Gasteiger partial charge in [0.1, 0.15) is 0 Å². The minimum Gasteiger partial charge on any atom is -0.396 e. The van der Waals surface area contributed by atoms with Crippen LogP contribution in [0.2, 0.25) is 0 Å². The fourth-order valence-corrected chi connectivity index (χ4v) is 2.46. The summed E-state index contributed by atoms with van der Waals surface area (Å²) in [7, 11) is 0. The molecule has 0 saturated heterocycles. The number of benzene rings is 1. The van der Waals surface area contributed by atoms with Crippen LogP contribution in [0.4, 0.5) is 0 Å². The molecule has 0 heterocycles. The molecule has 0 unspecified atom stereocenters. The molecule has 3 heteroatoms. The van der Waals surface area contributed by atoms with Gasteiger partial charge in [0.25, 0.3) is 5.91 Å². The number of hydrogen-bond donors (Lipinski definition) is 2. The van der Waals surface area contributed by atoms with E-state index < -0.39 is 0 Å². The molecule has 1 aliphatic rings. The summed E-state index contributed by atoms with van der Waals surface area (Å²) in [5.41, 5.74) is 1.89. The van der Waals surface area contributed by atoms with Crippen molar-refractivity contribution < 1.29 is 9.90 Å². The van der Waals surface area contributed by atoms with Crippen LogP contribution in [-0.2, 0) is 0 Å². The Balaban J connectivity index is 1.86. The largest absolute Gasteiger partial charge is 0.396 e. The lowest BCUT2D eigenvalue weighted by molar-refractivity contribution is 0.0914. The molecule has 1 aliphatic carbocycles. The highest BCUT2D eigenvalue weighted by molar-refractivity contribution is 5.94. The first-order chi connectivity index (χ1) is 8.69. The zero-order chi connectivity index (χ0) is 13.0. The lowest BCUT2D eigenvalue weighted by Gasteiger charge is -2.27. The van der Waals surface area contributed by atoms with Gasteiger partial charge in [0, 0.05) is 18.2 Å². The zero-order valence-electron chi connectivity index (χ0n) is 10.9. The summed E-state index contributed by atoms with van der Waals surface area (Å²) in [6.07, 6.45) is 3.97. The summed E-state index contributed by atoms with van der Waals surface area (Å²) in [6, 6.07) is 7.91. The van der Waals surface area contributed by atoms with E-state index in [1.165, 1.54) is 0 Å². The van der Waals surface area contributed by atoms with Crippen molar-refractivity contribution in [1.82, 2.24) is 5.32 Å². The molecule has 0 aliphatic heterocycles. The number of nitrogens with one attached hydrogen (secondary N) is 1. The van der Waals surface area contributed by atoms with Gasteiger partial charge < -0.3 is 10.4 Å². The van der Waals surface area contributed by atoms with Crippen LogP contribution in [0.1, 0.15) is 41.6 Å². The Morgan fingerprint density at radius 3 is 2.39 bits per heavy atom. The van der Waals surface area contributed by atoms with Gasteiger partial charge in [-0.15, -0.1) is 0 Å². The Hall–Kier alpha value is -1.35. The van der Waals surface area contributed by atoms with Crippen molar-refractivity contribution in [3.8, 4) is 0 Å². The molecule has 18 heavy (non-hydrogen) atoms. The van der Waals surface area contributed by atoms with E-state index in [1.807, 2.05) is 31.2 Å². The van der Waals surface area contributed by atoms with Crippen molar-refractivity contribution in [2.75, 3.05) is 6.61 Å². The van der Waals surface area contributed by atoms with E-state index >= 15 is 0 Å². The Labute approximate surface area is 108 Å². The lowest BCUT2D eigenvalue weighted by Crippen LogP contribution is -2.38. The highest BCUT2D eigenvalue weighted by Gasteiger charge is 2.22. The summed E-state index contributed by atoms with van der Waals surface area (Å²) >= 11 is 0. The topological polar surface area (TPSA) is 49.3 Å². The minimum absolute atomic E-state index is 0.0162. The van der Waals surface area contributed by atoms with E-state index in [4.69, 9.17) is 5.11 Å². The number of rotatable bonds is 3. The number of carbonyl (C=O) groups excluding carboxylic acids is 1. The second-order valence-corrected chi connectivity index (χ2v) is 5.24. The van der Waals surface area contributed by atoms with Crippen molar-refractivity contribution in [3.05, 3.63) is 35.4 Å². The molecule has 1 fully saturated rings. The first kappa shape index (κ1) is 13.1. The van der Waals surface area contributed by atoms with Gasteiger partial charge in [0.15, 0.2) is 0 Å². The average molecular weight is 247 g/mol. The van der Waals surface area contributed by atoms with Crippen LogP contribution >= 0.6 is 0 Å². The van der Waals surface area contributed by atoms with E-state index in [-0.39, 0.29) is 18.6 Å². The van der Waals surface area contributed by atoms with Crippen molar-refractivity contribution in [1.29, 1.82) is 0 Å². The Morgan fingerprint density at radius 1 is 1.22 bits per heavy atom. The second-order valence-electron chi connectivity index (χ2n) is 5.24. The standard InChI is InChI=1S/C15H21NO2/c1-11-2-6-13(7-3-11)15(18)16-14-8-4-12(10-17)5-9-14/h2-3,6-7,12,14,17H,4-5,8-10H2,1H3,(H,16,18). The molecule has 0 aromatic heterocycles. The molecular weight excluding hydrogens is 226 g/mol. The number of amides is 1. The Kier molecular flexibility index (Phi) is 4.37. The van der Waals surface area contributed by atoms with Gasteiger partial charge in [-0.2, -0.15) is 0 Å². The molecule has 1 aromatic carbocycles. The zero-order valence-corrected chi connectivity index (χ0v) is 10.9. The Morgan fingerprint density at radius 2 is 1.83 bits per heavy atom.